The zero-order chi connectivity index (χ0) is 16.1. The van der Waals surface area contributed by atoms with Gasteiger partial charge in [-0.2, -0.15) is 5.10 Å². The number of nitrogens with two attached hydrogens (primary N) is 1. The van der Waals surface area contributed by atoms with Crippen LogP contribution in [0, 0.1) is 0 Å². The third-order valence-electron chi connectivity index (χ3n) is 3.10. The Morgan fingerprint density at radius 3 is 3.05 bits per heavy atom. The maximum Gasteiger partial charge on any atom is 0.247 e. The average Bonchev–Trinajstić information content (AvgIpc) is 3.02. The molecule has 2 aromatic heterocycles. The lowest BCUT2D eigenvalue weighted by Crippen LogP contribution is -2.07. The van der Waals surface area contributed by atoms with Crippen molar-refractivity contribution in [3.63, 3.8) is 0 Å². The molecule has 2 aromatic rings. The van der Waals surface area contributed by atoms with Gasteiger partial charge in [0, 0.05) is 13.2 Å². The van der Waals surface area contributed by atoms with E-state index in [2.05, 4.69) is 33.0 Å². The van der Waals surface area contributed by atoms with E-state index in [0.29, 0.717) is 23.0 Å². The van der Waals surface area contributed by atoms with Crippen LogP contribution in [0.2, 0.25) is 0 Å². The minimum Gasteiger partial charge on any atom is -0.382 e. The van der Waals surface area contributed by atoms with Gasteiger partial charge in [-0.15, -0.1) is 0 Å². The molecule has 0 aliphatic carbocycles. The zero-order valence-electron chi connectivity index (χ0n) is 12.8. The predicted molar refractivity (Wildman–Crippen MR) is 87.2 cm³/mol. The number of H-pyrrole nitrogens is 1. The van der Waals surface area contributed by atoms with E-state index in [1.807, 2.05) is 13.0 Å². The smallest absolute Gasteiger partial charge is 0.247 e. The summed E-state index contributed by atoms with van der Waals surface area (Å²) in [5, 5.41) is 7.03. The summed E-state index contributed by atoms with van der Waals surface area (Å²) in [6.07, 6.45) is 8.62. The second-order valence-electron chi connectivity index (χ2n) is 4.82. The molecule has 0 saturated heterocycles. The molecule has 0 fully saturated rings. The lowest BCUT2D eigenvalue weighted by Gasteiger charge is -1.99. The highest BCUT2D eigenvalue weighted by Crippen LogP contribution is 2.26. The maximum atomic E-state index is 11.5. The molecule has 2 heterocycles. The van der Waals surface area contributed by atoms with Gasteiger partial charge in [-0.1, -0.05) is 18.7 Å². The largest absolute Gasteiger partial charge is 0.382 e. The van der Waals surface area contributed by atoms with Crippen LogP contribution < -0.4 is 11.1 Å². The van der Waals surface area contributed by atoms with Gasteiger partial charge in [0.15, 0.2) is 11.5 Å². The van der Waals surface area contributed by atoms with Crippen molar-refractivity contribution in [1.82, 2.24) is 19.7 Å². The first kappa shape index (κ1) is 15.6. The summed E-state index contributed by atoms with van der Waals surface area (Å²) in [6.45, 7) is 5.41. The van der Waals surface area contributed by atoms with Crippen LogP contribution in [0.1, 0.15) is 19.0 Å². The van der Waals surface area contributed by atoms with Crippen LogP contribution >= 0.6 is 0 Å². The van der Waals surface area contributed by atoms with Crippen LogP contribution in [0.4, 0.5) is 11.5 Å². The number of aromatic amines is 1. The normalized spacial score (nSPS) is 11.0. The highest BCUT2D eigenvalue weighted by molar-refractivity contribution is 6.00. The number of carbonyl (C=O) groups is 1. The second kappa shape index (κ2) is 6.75. The fraction of sp³-hybridized carbons (Fsp3) is 0.267. The molecule has 0 aromatic carbocycles. The molecule has 0 aliphatic heterocycles. The number of aryl methyl sites for hydroxylation is 2. The van der Waals surface area contributed by atoms with Gasteiger partial charge in [-0.3, -0.25) is 9.48 Å². The Balaban J connectivity index is 2.30. The summed E-state index contributed by atoms with van der Waals surface area (Å²) in [6, 6.07) is 0. The molecule has 4 N–H and O–H groups in total. The molecule has 0 unspecified atom stereocenters. The summed E-state index contributed by atoms with van der Waals surface area (Å²) < 4.78 is 1.60. The topological polar surface area (TPSA) is 102 Å². The van der Waals surface area contributed by atoms with Crippen LogP contribution in [0.3, 0.4) is 0 Å². The summed E-state index contributed by atoms with van der Waals surface area (Å²) >= 11 is 0. The number of amides is 1. The molecule has 116 valence electrons. The van der Waals surface area contributed by atoms with E-state index < -0.39 is 0 Å². The number of hydrogen-bond donors (Lipinski definition) is 3. The molecule has 7 nitrogen and oxygen atoms in total. The Morgan fingerprint density at radius 1 is 1.59 bits per heavy atom. The van der Waals surface area contributed by atoms with E-state index in [-0.39, 0.29) is 5.91 Å². The van der Waals surface area contributed by atoms with Gasteiger partial charge in [0.05, 0.1) is 11.4 Å². The molecule has 0 saturated carbocycles. The summed E-state index contributed by atoms with van der Waals surface area (Å²) in [7, 11) is 1.77. The highest BCUT2D eigenvalue weighted by atomic mass is 16.1. The molecular weight excluding hydrogens is 280 g/mol. The Hall–Kier alpha value is -2.83. The van der Waals surface area contributed by atoms with Crippen LogP contribution in [-0.2, 0) is 18.3 Å². The van der Waals surface area contributed by atoms with Crippen molar-refractivity contribution in [2.24, 2.45) is 7.05 Å². The van der Waals surface area contributed by atoms with Crippen LogP contribution in [0.25, 0.3) is 11.5 Å². The lowest BCUT2D eigenvalue weighted by molar-refractivity contribution is -0.111. The predicted octanol–water partition coefficient (Wildman–Crippen LogP) is 2.03. The summed E-state index contributed by atoms with van der Waals surface area (Å²) in [4.78, 5) is 19.0. The summed E-state index contributed by atoms with van der Waals surface area (Å²) in [5.74, 6) is 0.682. The van der Waals surface area contributed by atoms with Crippen molar-refractivity contribution in [3.8, 4) is 11.5 Å². The molecular formula is C15H20N6O. The SMILES string of the molecule is C=CC(=O)Nc1cn(C)nc1-c1nc(N)c(CC/C=C\C)[nH]1. The molecule has 0 bridgehead atoms. The third-order valence-corrected chi connectivity index (χ3v) is 3.10. The van der Waals surface area contributed by atoms with Gasteiger partial charge in [0.2, 0.25) is 5.91 Å². The van der Waals surface area contributed by atoms with Crippen LogP contribution in [-0.4, -0.2) is 25.7 Å². The second-order valence-corrected chi connectivity index (χ2v) is 4.82. The molecule has 0 aliphatic rings. The minimum absolute atomic E-state index is 0.304. The van der Waals surface area contributed by atoms with Crippen molar-refractivity contribution in [1.29, 1.82) is 0 Å². The number of anilines is 2. The fourth-order valence-corrected chi connectivity index (χ4v) is 2.06. The number of aromatic nitrogens is 4. The molecule has 22 heavy (non-hydrogen) atoms. The number of hydrogen-bond acceptors (Lipinski definition) is 4. The number of nitrogen functional groups attached to an aromatic ring is 1. The number of carbonyl (C=O) groups excluding carboxylic acids is 1. The molecule has 0 atom stereocenters. The average molecular weight is 300 g/mol. The minimum atomic E-state index is -0.304. The van der Waals surface area contributed by atoms with Gasteiger partial charge in [-0.25, -0.2) is 4.98 Å². The fourth-order valence-electron chi connectivity index (χ4n) is 2.06. The van der Waals surface area contributed by atoms with Crippen LogP contribution in [0.15, 0.2) is 31.0 Å². The van der Waals surface area contributed by atoms with Gasteiger partial charge in [0.1, 0.15) is 5.82 Å². The van der Waals surface area contributed by atoms with E-state index in [0.717, 1.165) is 18.5 Å². The lowest BCUT2D eigenvalue weighted by atomic mass is 10.2. The van der Waals surface area contributed by atoms with Gasteiger partial charge >= 0.3 is 0 Å². The monoisotopic (exact) mass is 300 g/mol. The zero-order valence-corrected chi connectivity index (χ0v) is 12.8. The number of nitrogens with one attached hydrogen (secondary N) is 2. The number of nitrogens with zero attached hydrogens (tertiary/aromatic N) is 3. The molecule has 1 amide bonds. The molecule has 0 spiro atoms. The van der Waals surface area contributed by atoms with E-state index in [9.17, 15) is 4.79 Å². The number of rotatable bonds is 6. The number of imidazole rings is 1. The number of allylic oxidation sites excluding steroid dienone is 2. The van der Waals surface area contributed by atoms with Crippen LogP contribution in [0.5, 0.6) is 0 Å². The molecule has 0 radical (unpaired) electrons. The van der Waals surface area contributed by atoms with E-state index >= 15 is 0 Å². The van der Waals surface area contributed by atoms with Crippen molar-refractivity contribution >= 4 is 17.4 Å². The third kappa shape index (κ3) is 3.43. The van der Waals surface area contributed by atoms with E-state index in [1.165, 1.54) is 6.08 Å². The summed E-state index contributed by atoms with van der Waals surface area (Å²) in [5.41, 5.74) is 7.90. The van der Waals surface area contributed by atoms with Crippen molar-refractivity contribution < 1.29 is 4.79 Å². The first-order valence-corrected chi connectivity index (χ1v) is 6.98. The first-order valence-electron chi connectivity index (χ1n) is 6.98. The first-order chi connectivity index (χ1) is 10.5. The van der Waals surface area contributed by atoms with E-state index in [1.54, 1.807) is 17.9 Å². The van der Waals surface area contributed by atoms with Gasteiger partial charge in [0.25, 0.3) is 0 Å². The Labute approximate surface area is 128 Å². The quantitative estimate of drug-likeness (QED) is 0.561. The standard InChI is InChI=1S/C15H20N6O/c1-4-6-7-8-10-14(16)19-15(18-10)13-11(9-21(3)20-13)17-12(22)5-2/h4-6,9H,2,7-8,16H2,1,3H3,(H,17,22)(H,18,19)/b6-4-. The van der Waals surface area contributed by atoms with Crippen molar-refractivity contribution in [2.75, 3.05) is 11.1 Å². The highest BCUT2D eigenvalue weighted by Gasteiger charge is 2.16. The van der Waals surface area contributed by atoms with Crippen molar-refractivity contribution in [2.45, 2.75) is 19.8 Å². The maximum absolute atomic E-state index is 11.5. The molecule has 7 heteroatoms. The molecule has 2 rings (SSSR count). The van der Waals surface area contributed by atoms with Gasteiger partial charge in [-0.05, 0) is 25.8 Å². The van der Waals surface area contributed by atoms with Gasteiger partial charge < -0.3 is 16.0 Å². The Morgan fingerprint density at radius 2 is 2.36 bits per heavy atom. The van der Waals surface area contributed by atoms with E-state index in [4.69, 9.17) is 5.73 Å². The van der Waals surface area contributed by atoms with Crippen molar-refractivity contribution in [3.05, 3.63) is 36.7 Å². The Bertz CT molecular complexity index is 710. The Kier molecular flexibility index (Phi) is 4.77.